The zero-order valence-electron chi connectivity index (χ0n) is 28.4. The summed E-state index contributed by atoms with van der Waals surface area (Å²) >= 11 is 0. The van der Waals surface area contributed by atoms with Crippen LogP contribution in [0.2, 0.25) is 0 Å². The third kappa shape index (κ3) is 6.28. The van der Waals surface area contributed by atoms with E-state index in [1.807, 2.05) is 36.5 Å². The fourth-order valence-electron chi connectivity index (χ4n) is 6.83. The van der Waals surface area contributed by atoms with Crippen molar-refractivity contribution in [1.82, 2.24) is 15.0 Å². The van der Waals surface area contributed by atoms with Gasteiger partial charge in [0.05, 0.1) is 16.9 Å². The van der Waals surface area contributed by atoms with E-state index in [2.05, 4.69) is 169 Å². The standard InChI is InChI=1S/C49H33N3/c1-3-10-34(11-4-1)42-14-9-15-43(32-42)48-33-47(51-49(52-48)41-12-5-2-6-13-41)40-28-24-38(25-29-40)36-20-18-35(19-21-36)37-22-26-39(27-23-37)44-30-31-50-46-17-8-7-16-45(44)46/h1-33H. The summed E-state index contributed by atoms with van der Waals surface area (Å²) in [5, 5.41) is 1.17. The van der Waals surface area contributed by atoms with Gasteiger partial charge in [-0.3, -0.25) is 4.98 Å². The number of hydrogen-bond donors (Lipinski definition) is 0. The molecule has 9 rings (SSSR count). The van der Waals surface area contributed by atoms with E-state index in [1.54, 1.807) is 0 Å². The van der Waals surface area contributed by atoms with Crippen LogP contribution in [-0.4, -0.2) is 15.0 Å². The predicted molar refractivity (Wildman–Crippen MR) is 215 cm³/mol. The summed E-state index contributed by atoms with van der Waals surface area (Å²) in [5.74, 6) is 0.708. The van der Waals surface area contributed by atoms with Gasteiger partial charge in [0.15, 0.2) is 5.82 Å². The molecule has 0 radical (unpaired) electrons. The highest BCUT2D eigenvalue weighted by molar-refractivity contribution is 5.94. The second-order valence-electron chi connectivity index (χ2n) is 12.9. The largest absolute Gasteiger partial charge is 0.256 e. The first-order valence-electron chi connectivity index (χ1n) is 17.5. The summed E-state index contributed by atoms with van der Waals surface area (Å²) in [7, 11) is 0. The summed E-state index contributed by atoms with van der Waals surface area (Å²) in [6.45, 7) is 0. The maximum Gasteiger partial charge on any atom is 0.160 e. The van der Waals surface area contributed by atoms with Gasteiger partial charge in [0.2, 0.25) is 0 Å². The zero-order valence-corrected chi connectivity index (χ0v) is 28.4. The molecule has 3 heteroatoms. The van der Waals surface area contributed by atoms with Crippen LogP contribution in [0.5, 0.6) is 0 Å². The average molecular weight is 664 g/mol. The second-order valence-corrected chi connectivity index (χ2v) is 12.9. The van der Waals surface area contributed by atoms with E-state index in [1.165, 1.54) is 38.8 Å². The summed E-state index contributed by atoms with van der Waals surface area (Å²) < 4.78 is 0. The van der Waals surface area contributed by atoms with Crippen molar-refractivity contribution in [2.75, 3.05) is 0 Å². The van der Waals surface area contributed by atoms with Crippen molar-refractivity contribution in [2.24, 2.45) is 0 Å². The van der Waals surface area contributed by atoms with Crippen molar-refractivity contribution in [2.45, 2.75) is 0 Å². The molecule has 0 aliphatic rings. The normalized spacial score (nSPS) is 11.1. The van der Waals surface area contributed by atoms with E-state index in [4.69, 9.17) is 9.97 Å². The highest BCUT2D eigenvalue weighted by Crippen LogP contribution is 2.33. The van der Waals surface area contributed by atoms with Crippen LogP contribution >= 0.6 is 0 Å². The molecule has 2 aromatic heterocycles. The van der Waals surface area contributed by atoms with Crippen LogP contribution in [0.3, 0.4) is 0 Å². The van der Waals surface area contributed by atoms with Gasteiger partial charge in [-0.05, 0) is 68.8 Å². The Morgan fingerprint density at radius 2 is 0.750 bits per heavy atom. The smallest absolute Gasteiger partial charge is 0.160 e. The van der Waals surface area contributed by atoms with Gasteiger partial charge in [-0.1, -0.05) is 170 Å². The molecule has 52 heavy (non-hydrogen) atoms. The fraction of sp³-hybridized carbons (Fsp3) is 0. The first kappa shape index (κ1) is 31.0. The van der Waals surface area contributed by atoms with Gasteiger partial charge in [0.25, 0.3) is 0 Å². The lowest BCUT2D eigenvalue weighted by atomic mass is 9.96. The quantitative estimate of drug-likeness (QED) is 0.170. The first-order chi connectivity index (χ1) is 25.7. The highest BCUT2D eigenvalue weighted by atomic mass is 14.9. The third-order valence-corrected chi connectivity index (χ3v) is 9.60. The molecule has 2 heterocycles. The monoisotopic (exact) mass is 663 g/mol. The maximum absolute atomic E-state index is 5.05. The van der Waals surface area contributed by atoms with Gasteiger partial charge >= 0.3 is 0 Å². The van der Waals surface area contributed by atoms with Crippen LogP contribution in [0.4, 0.5) is 0 Å². The molecule has 0 aliphatic heterocycles. The minimum atomic E-state index is 0.708. The van der Waals surface area contributed by atoms with Crippen molar-refractivity contribution >= 4 is 10.9 Å². The molecule has 0 atom stereocenters. The highest BCUT2D eigenvalue weighted by Gasteiger charge is 2.12. The van der Waals surface area contributed by atoms with Crippen LogP contribution in [0, 0.1) is 0 Å². The van der Waals surface area contributed by atoms with E-state index < -0.39 is 0 Å². The molecule has 0 N–H and O–H groups in total. The van der Waals surface area contributed by atoms with E-state index in [0.717, 1.165) is 44.7 Å². The molecular formula is C49H33N3. The molecule has 0 amide bonds. The summed E-state index contributed by atoms with van der Waals surface area (Å²) in [6.07, 6.45) is 1.88. The van der Waals surface area contributed by atoms with Gasteiger partial charge in [-0.2, -0.15) is 0 Å². The van der Waals surface area contributed by atoms with E-state index in [-0.39, 0.29) is 0 Å². The summed E-state index contributed by atoms with van der Waals surface area (Å²) in [5.41, 5.74) is 15.3. The third-order valence-electron chi connectivity index (χ3n) is 9.60. The van der Waals surface area contributed by atoms with Crippen LogP contribution < -0.4 is 0 Å². The summed E-state index contributed by atoms with van der Waals surface area (Å²) in [4.78, 5) is 14.6. The van der Waals surface area contributed by atoms with Crippen LogP contribution in [0.1, 0.15) is 0 Å². The van der Waals surface area contributed by atoms with Crippen molar-refractivity contribution in [1.29, 1.82) is 0 Å². The fourth-order valence-corrected chi connectivity index (χ4v) is 6.83. The topological polar surface area (TPSA) is 38.7 Å². The van der Waals surface area contributed by atoms with Crippen LogP contribution in [0.15, 0.2) is 200 Å². The molecule has 3 nitrogen and oxygen atoms in total. The van der Waals surface area contributed by atoms with E-state index >= 15 is 0 Å². The van der Waals surface area contributed by atoms with E-state index in [0.29, 0.717) is 5.82 Å². The Morgan fingerprint density at radius 3 is 1.38 bits per heavy atom. The van der Waals surface area contributed by atoms with Crippen molar-refractivity contribution in [3.63, 3.8) is 0 Å². The Kier molecular flexibility index (Phi) is 8.20. The lowest BCUT2D eigenvalue weighted by Crippen LogP contribution is -1.96. The minimum Gasteiger partial charge on any atom is -0.256 e. The molecule has 244 valence electrons. The van der Waals surface area contributed by atoms with Crippen molar-refractivity contribution in [3.05, 3.63) is 200 Å². The predicted octanol–water partition coefficient (Wildman–Crippen LogP) is 12.7. The van der Waals surface area contributed by atoms with Gasteiger partial charge in [-0.15, -0.1) is 0 Å². The molecule has 0 fully saturated rings. The molecule has 9 aromatic rings. The Hall–Kier alpha value is -6.97. The molecule has 0 saturated heterocycles. The number of para-hydroxylation sites is 1. The molecular weight excluding hydrogens is 631 g/mol. The SMILES string of the molecule is c1ccc(-c2cccc(-c3cc(-c4ccc(-c5ccc(-c6ccc(-c7ccnc8ccccc78)cc6)cc5)cc4)nc(-c4ccccc4)n3)c2)cc1. The minimum absolute atomic E-state index is 0.708. The lowest BCUT2D eigenvalue weighted by molar-refractivity contribution is 1.18. The molecule has 0 bridgehead atoms. The van der Waals surface area contributed by atoms with Crippen molar-refractivity contribution in [3.8, 4) is 78.4 Å². The van der Waals surface area contributed by atoms with Crippen molar-refractivity contribution < 1.29 is 0 Å². The lowest BCUT2D eigenvalue weighted by Gasteiger charge is -2.11. The molecule has 0 aliphatic carbocycles. The number of hydrogen-bond acceptors (Lipinski definition) is 3. The number of rotatable bonds is 7. The van der Waals surface area contributed by atoms with Gasteiger partial charge in [0, 0.05) is 28.3 Å². The molecule has 0 spiro atoms. The Labute approximate surface area is 303 Å². The number of nitrogens with zero attached hydrogens (tertiary/aromatic N) is 3. The van der Waals surface area contributed by atoms with Gasteiger partial charge in [0.1, 0.15) is 0 Å². The Balaban J connectivity index is 0.992. The molecule has 0 saturated carbocycles. The van der Waals surface area contributed by atoms with Crippen LogP contribution in [-0.2, 0) is 0 Å². The zero-order chi connectivity index (χ0) is 34.7. The number of aromatic nitrogens is 3. The number of fused-ring (bicyclic) bond motifs is 1. The van der Waals surface area contributed by atoms with E-state index in [9.17, 15) is 0 Å². The van der Waals surface area contributed by atoms with Crippen LogP contribution in [0.25, 0.3) is 89.3 Å². The number of pyridine rings is 1. The molecule has 0 unspecified atom stereocenters. The molecule has 7 aromatic carbocycles. The maximum atomic E-state index is 5.05. The Morgan fingerprint density at radius 1 is 0.288 bits per heavy atom. The second kappa shape index (κ2) is 13.7. The Bertz CT molecular complexity index is 2630. The van der Waals surface area contributed by atoms with Gasteiger partial charge < -0.3 is 0 Å². The number of benzene rings is 7. The first-order valence-corrected chi connectivity index (χ1v) is 17.5. The summed E-state index contributed by atoms with van der Waals surface area (Å²) in [6, 6.07) is 68.0. The van der Waals surface area contributed by atoms with Gasteiger partial charge in [-0.25, -0.2) is 9.97 Å². The average Bonchev–Trinajstić information content (AvgIpc) is 3.24.